The summed E-state index contributed by atoms with van der Waals surface area (Å²) in [5, 5.41) is 3.11. The van der Waals surface area contributed by atoms with Crippen LogP contribution in [0.1, 0.15) is 31.2 Å². The van der Waals surface area contributed by atoms with Crippen LogP contribution < -0.4 is 5.32 Å². The van der Waals surface area contributed by atoms with Gasteiger partial charge in [0.2, 0.25) is 11.8 Å². The SMILES string of the molecule is O=C(C[C@@H]1CN(Cc2ccc(F)cc2)[C@@H]2CO[C@@H](CC(=O)N3CCOCC3)[C@H]12)NC1CC1. The fraction of sp³-hybridized carbons (Fsp3) is 0.667. The lowest BCUT2D eigenvalue weighted by atomic mass is 9.84. The lowest BCUT2D eigenvalue weighted by molar-refractivity contribution is -0.138. The molecular weight excluding hydrogens is 413 g/mol. The Labute approximate surface area is 188 Å². The van der Waals surface area contributed by atoms with Crippen molar-refractivity contribution in [3.05, 3.63) is 35.6 Å². The maximum atomic E-state index is 13.3. The predicted octanol–water partition coefficient (Wildman–Crippen LogP) is 1.56. The maximum Gasteiger partial charge on any atom is 0.225 e. The number of amides is 2. The van der Waals surface area contributed by atoms with Crippen molar-refractivity contribution in [3.63, 3.8) is 0 Å². The number of hydrogen-bond donors (Lipinski definition) is 1. The first-order valence-corrected chi connectivity index (χ1v) is 11.8. The molecule has 3 saturated heterocycles. The first kappa shape index (κ1) is 21.8. The smallest absolute Gasteiger partial charge is 0.225 e. The minimum absolute atomic E-state index is 0.102. The average molecular weight is 446 g/mol. The standard InChI is InChI=1S/C24H32FN3O4/c25-18-3-1-16(2-4-18)13-28-14-17(11-22(29)26-19-5-6-19)24-20(28)15-32-21(24)12-23(30)27-7-9-31-10-8-27/h1-4,17,19-21,24H,5-15H2,(H,26,29)/t17-,20-,21+,24-/m1/s1. The third-order valence-corrected chi connectivity index (χ3v) is 7.27. The van der Waals surface area contributed by atoms with E-state index >= 15 is 0 Å². The average Bonchev–Trinajstić information content (AvgIpc) is 3.41. The molecule has 8 heteroatoms. The molecule has 3 heterocycles. The second-order valence-electron chi connectivity index (χ2n) is 9.58. The zero-order chi connectivity index (χ0) is 22.1. The highest BCUT2D eigenvalue weighted by Gasteiger charge is 2.51. The van der Waals surface area contributed by atoms with Gasteiger partial charge in [-0.2, -0.15) is 0 Å². The van der Waals surface area contributed by atoms with Crippen LogP contribution in [0.15, 0.2) is 24.3 Å². The van der Waals surface area contributed by atoms with E-state index in [0.29, 0.717) is 58.3 Å². The van der Waals surface area contributed by atoms with E-state index in [9.17, 15) is 14.0 Å². The van der Waals surface area contributed by atoms with Crippen molar-refractivity contribution < 1.29 is 23.5 Å². The number of nitrogens with zero attached hydrogens (tertiary/aromatic N) is 2. The number of carbonyl (C=O) groups is 2. The summed E-state index contributed by atoms with van der Waals surface area (Å²) in [6, 6.07) is 7.10. The third kappa shape index (κ3) is 4.97. The molecule has 3 aliphatic heterocycles. The van der Waals surface area contributed by atoms with Crippen molar-refractivity contribution in [1.29, 1.82) is 0 Å². The minimum Gasteiger partial charge on any atom is -0.378 e. The van der Waals surface area contributed by atoms with Crippen molar-refractivity contribution in [3.8, 4) is 0 Å². The second kappa shape index (κ2) is 9.45. The summed E-state index contributed by atoms with van der Waals surface area (Å²) in [7, 11) is 0. The van der Waals surface area contributed by atoms with Crippen LogP contribution in [0.3, 0.4) is 0 Å². The van der Waals surface area contributed by atoms with Crippen molar-refractivity contribution in [2.45, 2.75) is 50.4 Å². The van der Waals surface area contributed by atoms with E-state index in [0.717, 1.165) is 24.9 Å². The number of nitrogens with one attached hydrogen (secondary N) is 1. The predicted molar refractivity (Wildman–Crippen MR) is 115 cm³/mol. The molecule has 4 fully saturated rings. The molecule has 1 N–H and O–H groups in total. The third-order valence-electron chi connectivity index (χ3n) is 7.27. The van der Waals surface area contributed by atoms with E-state index in [2.05, 4.69) is 10.2 Å². The van der Waals surface area contributed by atoms with E-state index in [1.165, 1.54) is 12.1 Å². The van der Waals surface area contributed by atoms with Gasteiger partial charge in [-0.15, -0.1) is 0 Å². The molecule has 32 heavy (non-hydrogen) atoms. The van der Waals surface area contributed by atoms with Gasteiger partial charge in [-0.05, 0) is 36.5 Å². The van der Waals surface area contributed by atoms with Crippen LogP contribution in [0.4, 0.5) is 4.39 Å². The molecule has 4 atom stereocenters. The van der Waals surface area contributed by atoms with E-state index in [-0.39, 0.29) is 41.6 Å². The molecule has 0 spiro atoms. The minimum atomic E-state index is -0.242. The van der Waals surface area contributed by atoms with E-state index in [1.54, 1.807) is 0 Å². The summed E-state index contributed by atoms with van der Waals surface area (Å²) in [5.41, 5.74) is 1.04. The zero-order valence-electron chi connectivity index (χ0n) is 18.4. The van der Waals surface area contributed by atoms with Crippen molar-refractivity contribution in [2.75, 3.05) is 39.5 Å². The quantitative estimate of drug-likeness (QED) is 0.690. The molecule has 1 saturated carbocycles. The fourth-order valence-corrected chi connectivity index (χ4v) is 5.49. The highest BCUT2D eigenvalue weighted by molar-refractivity contribution is 5.78. The van der Waals surface area contributed by atoms with Crippen LogP contribution in [0.25, 0.3) is 0 Å². The van der Waals surface area contributed by atoms with Gasteiger partial charge in [-0.25, -0.2) is 4.39 Å². The van der Waals surface area contributed by atoms with Crippen LogP contribution in [-0.4, -0.2) is 79.3 Å². The first-order valence-electron chi connectivity index (χ1n) is 11.8. The van der Waals surface area contributed by atoms with Gasteiger partial charge in [0.05, 0.1) is 32.3 Å². The first-order chi connectivity index (χ1) is 15.6. The normalized spacial score (nSPS) is 30.3. The molecule has 7 nitrogen and oxygen atoms in total. The van der Waals surface area contributed by atoms with Crippen molar-refractivity contribution >= 4 is 11.8 Å². The summed E-state index contributed by atoms with van der Waals surface area (Å²) in [6.07, 6.45) is 2.78. The molecule has 5 rings (SSSR count). The number of morpholine rings is 1. The number of likely N-dealkylation sites (tertiary alicyclic amines) is 1. The van der Waals surface area contributed by atoms with Crippen LogP contribution >= 0.6 is 0 Å². The van der Waals surface area contributed by atoms with Gasteiger partial charge in [-0.1, -0.05) is 12.1 Å². The number of rotatable bonds is 7. The molecule has 0 bridgehead atoms. The fourth-order valence-electron chi connectivity index (χ4n) is 5.49. The Balaban J connectivity index is 1.28. The zero-order valence-corrected chi connectivity index (χ0v) is 18.4. The Kier molecular flexibility index (Phi) is 6.44. The number of benzene rings is 1. The number of hydrogen-bond acceptors (Lipinski definition) is 5. The van der Waals surface area contributed by atoms with Gasteiger partial charge >= 0.3 is 0 Å². The number of fused-ring (bicyclic) bond motifs is 1. The summed E-state index contributed by atoms with van der Waals surface area (Å²) >= 11 is 0. The van der Waals surface area contributed by atoms with E-state index in [1.807, 2.05) is 17.0 Å². The molecule has 2 amide bonds. The molecule has 1 aliphatic carbocycles. The van der Waals surface area contributed by atoms with E-state index in [4.69, 9.17) is 9.47 Å². The Morgan fingerprint density at radius 2 is 1.84 bits per heavy atom. The molecule has 0 radical (unpaired) electrons. The lowest BCUT2D eigenvalue weighted by Gasteiger charge is -2.29. The van der Waals surface area contributed by atoms with Crippen molar-refractivity contribution in [2.24, 2.45) is 11.8 Å². The number of carbonyl (C=O) groups excluding carboxylic acids is 2. The molecule has 4 aliphatic rings. The highest BCUT2D eigenvalue weighted by atomic mass is 19.1. The van der Waals surface area contributed by atoms with Gasteiger partial charge in [-0.3, -0.25) is 14.5 Å². The maximum absolute atomic E-state index is 13.3. The Hall–Kier alpha value is -2.03. The monoisotopic (exact) mass is 445 g/mol. The van der Waals surface area contributed by atoms with Crippen LogP contribution in [0, 0.1) is 17.7 Å². The highest BCUT2D eigenvalue weighted by Crippen LogP contribution is 2.42. The molecule has 1 aromatic carbocycles. The lowest BCUT2D eigenvalue weighted by Crippen LogP contribution is -2.43. The van der Waals surface area contributed by atoms with Gasteiger partial charge in [0.1, 0.15) is 5.82 Å². The van der Waals surface area contributed by atoms with Gasteiger partial charge in [0.15, 0.2) is 0 Å². The van der Waals surface area contributed by atoms with Gasteiger partial charge in [0, 0.05) is 50.6 Å². The molecule has 0 aromatic heterocycles. The largest absolute Gasteiger partial charge is 0.378 e. The molecule has 0 unspecified atom stereocenters. The van der Waals surface area contributed by atoms with Gasteiger partial charge in [0.25, 0.3) is 0 Å². The topological polar surface area (TPSA) is 71.1 Å². The second-order valence-corrected chi connectivity index (χ2v) is 9.58. The van der Waals surface area contributed by atoms with Crippen LogP contribution in [0.2, 0.25) is 0 Å². The van der Waals surface area contributed by atoms with Crippen LogP contribution in [-0.2, 0) is 25.6 Å². The Morgan fingerprint density at radius 3 is 2.56 bits per heavy atom. The molecule has 1 aromatic rings. The summed E-state index contributed by atoms with van der Waals surface area (Å²) in [5.74, 6) is 0.255. The van der Waals surface area contributed by atoms with Crippen LogP contribution in [0.5, 0.6) is 0 Å². The van der Waals surface area contributed by atoms with E-state index < -0.39 is 0 Å². The summed E-state index contributed by atoms with van der Waals surface area (Å²) < 4.78 is 24.9. The van der Waals surface area contributed by atoms with Gasteiger partial charge < -0.3 is 19.7 Å². The Morgan fingerprint density at radius 1 is 1.09 bits per heavy atom. The summed E-state index contributed by atoms with van der Waals surface area (Å²) in [4.78, 5) is 29.7. The number of ether oxygens (including phenoxy) is 2. The Bertz CT molecular complexity index is 825. The summed E-state index contributed by atoms with van der Waals surface area (Å²) in [6.45, 7) is 4.46. The van der Waals surface area contributed by atoms with Crippen molar-refractivity contribution in [1.82, 2.24) is 15.1 Å². The number of halogens is 1. The molecular formula is C24H32FN3O4. The molecule has 174 valence electrons.